The highest BCUT2D eigenvalue weighted by molar-refractivity contribution is 5.79. The summed E-state index contributed by atoms with van der Waals surface area (Å²) in [6.07, 6.45) is -0.375. The molecular formula is C9H19NO4. The molecular weight excluding hydrogens is 186 g/mol. The highest BCUT2D eigenvalue weighted by atomic mass is 16.6. The minimum absolute atomic E-state index is 0.160. The van der Waals surface area contributed by atoms with Crippen LogP contribution in [0.25, 0.3) is 0 Å². The molecule has 0 amide bonds. The predicted molar refractivity (Wildman–Crippen MR) is 51.7 cm³/mol. The van der Waals surface area contributed by atoms with Gasteiger partial charge in [0.15, 0.2) is 5.60 Å². The van der Waals surface area contributed by atoms with E-state index in [2.05, 4.69) is 0 Å². The van der Waals surface area contributed by atoms with Crippen molar-refractivity contribution in [2.75, 3.05) is 19.8 Å². The molecule has 0 aromatic carbocycles. The summed E-state index contributed by atoms with van der Waals surface area (Å²) in [5, 5.41) is 9.43. The van der Waals surface area contributed by atoms with Gasteiger partial charge in [-0.2, -0.15) is 0 Å². The summed E-state index contributed by atoms with van der Waals surface area (Å²) in [5.41, 5.74) is 3.59. The zero-order valence-corrected chi connectivity index (χ0v) is 8.95. The van der Waals surface area contributed by atoms with E-state index in [0.717, 1.165) is 0 Å². The molecule has 0 saturated carbocycles. The number of aliphatic hydroxyl groups is 1. The lowest BCUT2D eigenvalue weighted by atomic mass is 10.1. The molecule has 0 aliphatic heterocycles. The Hall–Kier alpha value is -0.650. The number of carbonyl (C=O) groups is 1. The molecule has 0 rings (SSSR count). The van der Waals surface area contributed by atoms with Gasteiger partial charge >= 0.3 is 5.97 Å². The molecule has 5 heteroatoms. The van der Waals surface area contributed by atoms with Gasteiger partial charge in [0.25, 0.3) is 0 Å². The highest BCUT2D eigenvalue weighted by Gasteiger charge is 2.31. The molecule has 0 aliphatic rings. The lowest BCUT2D eigenvalue weighted by Crippen LogP contribution is -2.45. The summed E-state index contributed by atoms with van der Waals surface area (Å²) >= 11 is 0. The van der Waals surface area contributed by atoms with Gasteiger partial charge in [-0.3, -0.25) is 0 Å². The molecule has 0 fully saturated rings. The van der Waals surface area contributed by atoms with Crippen LogP contribution in [0.2, 0.25) is 0 Å². The largest absolute Gasteiger partial charge is 0.458 e. The Morgan fingerprint density at radius 3 is 2.64 bits per heavy atom. The van der Waals surface area contributed by atoms with E-state index in [-0.39, 0.29) is 12.6 Å². The first-order chi connectivity index (χ1) is 6.44. The first-order valence-corrected chi connectivity index (χ1v) is 4.65. The molecule has 0 aromatic rings. The van der Waals surface area contributed by atoms with Crippen molar-refractivity contribution >= 4 is 5.97 Å². The quantitative estimate of drug-likeness (QED) is 0.580. The molecule has 0 spiro atoms. The average Bonchev–Trinajstić information content (AvgIpc) is 2.14. The summed E-state index contributed by atoms with van der Waals surface area (Å²) in [4.78, 5) is 11.3. The second-order valence-corrected chi connectivity index (χ2v) is 3.35. The molecule has 0 aromatic heterocycles. The Bertz CT molecular complexity index is 182. The lowest BCUT2D eigenvalue weighted by molar-refractivity contribution is -0.170. The minimum Gasteiger partial charge on any atom is -0.458 e. The Labute approximate surface area is 84.2 Å². The summed E-state index contributed by atoms with van der Waals surface area (Å²) in [6, 6.07) is 0. The van der Waals surface area contributed by atoms with E-state index in [0.29, 0.717) is 13.2 Å². The number of hydrogen-bond acceptors (Lipinski definition) is 5. The third-order valence-corrected chi connectivity index (χ3v) is 1.70. The number of nitrogens with two attached hydrogens (primary N) is 1. The van der Waals surface area contributed by atoms with Gasteiger partial charge in [0.2, 0.25) is 0 Å². The van der Waals surface area contributed by atoms with Gasteiger partial charge in [-0.25, -0.2) is 4.79 Å². The normalized spacial score (nSPS) is 17.2. The fourth-order valence-corrected chi connectivity index (χ4v) is 0.711. The maximum atomic E-state index is 11.3. The Morgan fingerprint density at radius 2 is 2.21 bits per heavy atom. The van der Waals surface area contributed by atoms with Crippen molar-refractivity contribution in [1.82, 2.24) is 0 Å². The standard InChI is InChI=1S/C9H19NO4/c1-4-13-5-7(2)14-8(11)9(3,12)6-10/h7,12H,4-6,10H2,1-3H3. The Kier molecular flexibility index (Phi) is 5.68. The van der Waals surface area contributed by atoms with Crippen LogP contribution in [0.4, 0.5) is 0 Å². The van der Waals surface area contributed by atoms with Gasteiger partial charge in [-0.05, 0) is 20.8 Å². The molecule has 0 heterocycles. The minimum atomic E-state index is -1.61. The number of ether oxygens (including phenoxy) is 2. The smallest absolute Gasteiger partial charge is 0.339 e. The third kappa shape index (κ3) is 4.55. The summed E-state index contributed by atoms with van der Waals surface area (Å²) < 4.78 is 9.97. The van der Waals surface area contributed by atoms with Crippen LogP contribution >= 0.6 is 0 Å². The molecule has 2 atom stereocenters. The fraction of sp³-hybridized carbons (Fsp3) is 0.889. The van der Waals surface area contributed by atoms with Crippen LogP contribution in [0.3, 0.4) is 0 Å². The second kappa shape index (κ2) is 5.95. The maximum Gasteiger partial charge on any atom is 0.339 e. The van der Waals surface area contributed by atoms with E-state index in [1.807, 2.05) is 6.92 Å². The Morgan fingerprint density at radius 1 is 1.64 bits per heavy atom. The molecule has 5 nitrogen and oxygen atoms in total. The van der Waals surface area contributed by atoms with E-state index in [1.54, 1.807) is 6.92 Å². The molecule has 0 radical (unpaired) electrons. The zero-order chi connectivity index (χ0) is 11.2. The number of hydrogen-bond donors (Lipinski definition) is 2. The van der Waals surface area contributed by atoms with Gasteiger partial charge < -0.3 is 20.3 Å². The number of carbonyl (C=O) groups excluding carboxylic acids is 1. The van der Waals surface area contributed by atoms with Crippen molar-refractivity contribution in [2.24, 2.45) is 5.73 Å². The van der Waals surface area contributed by atoms with Gasteiger partial charge in [-0.15, -0.1) is 0 Å². The van der Waals surface area contributed by atoms with Crippen molar-refractivity contribution in [1.29, 1.82) is 0 Å². The molecule has 84 valence electrons. The maximum absolute atomic E-state index is 11.3. The second-order valence-electron chi connectivity index (χ2n) is 3.35. The van der Waals surface area contributed by atoms with Crippen molar-refractivity contribution in [2.45, 2.75) is 32.5 Å². The zero-order valence-electron chi connectivity index (χ0n) is 8.95. The fourth-order valence-electron chi connectivity index (χ4n) is 0.711. The van der Waals surface area contributed by atoms with E-state index in [4.69, 9.17) is 15.2 Å². The van der Waals surface area contributed by atoms with E-state index < -0.39 is 11.6 Å². The lowest BCUT2D eigenvalue weighted by Gasteiger charge is -2.22. The van der Waals surface area contributed by atoms with Crippen LogP contribution in [-0.4, -0.2) is 42.5 Å². The van der Waals surface area contributed by atoms with Gasteiger partial charge in [0.05, 0.1) is 6.61 Å². The summed E-state index contributed by atoms with van der Waals surface area (Å²) in [5.74, 6) is -0.716. The van der Waals surface area contributed by atoms with Crippen molar-refractivity contribution in [3.05, 3.63) is 0 Å². The van der Waals surface area contributed by atoms with Crippen LogP contribution in [0.15, 0.2) is 0 Å². The molecule has 3 N–H and O–H groups in total. The Balaban J connectivity index is 3.93. The highest BCUT2D eigenvalue weighted by Crippen LogP contribution is 2.06. The summed E-state index contributed by atoms with van der Waals surface area (Å²) in [6.45, 7) is 5.60. The summed E-state index contributed by atoms with van der Waals surface area (Å²) in [7, 11) is 0. The molecule has 2 unspecified atom stereocenters. The van der Waals surface area contributed by atoms with Crippen molar-refractivity contribution in [3.63, 3.8) is 0 Å². The van der Waals surface area contributed by atoms with Crippen LogP contribution in [0.1, 0.15) is 20.8 Å². The average molecular weight is 205 g/mol. The van der Waals surface area contributed by atoms with Crippen LogP contribution in [0, 0.1) is 0 Å². The molecule has 14 heavy (non-hydrogen) atoms. The SMILES string of the molecule is CCOCC(C)OC(=O)C(C)(O)CN. The van der Waals surface area contributed by atoms with E-state index >= 15 is 0 Å². The third-order valence-electron chi connectivity index (χ3n) is 1.70. The van der Waals surface area contributed by atoms with Gasteiger partial charge in [0, 0.05) is 13.2 Å². The molecule has 0 bridgehead atoms. The van der Waals surface area contributed by atoms with Crippen LogP contribution in [-0.2, 0) is 14.3 Å². The van der Waals surface area contributed by atoms with Crippen molar-refractivity contribution in [3.8, 4) is 0 Å². The van der Waals surface area contributed by atoms with Crippen LogP contribution in [0.5, 0.6) is 0 Å². The number of rotatable bonds is 6. The van der Waals surface area contributed by atoms with Gasteiger partial charge in [-0.1, -0.05) is 0 Å². The van der Waals surface area contributed by atoms with Crippen molar-refractivity contribution < 1.29 is 19.4 Å². The molecule has 0 aliphatic carbocycles. The topological polar surface area (TPSA) is 81.8 Å². The first kappa shape index (κ1) is 13.4. The molecule has 0 saturated heterocycles. The number of esters is 1. The predicted octanol–water partition coefficient (Wildman–Crippen LogP) is -0.336. The first-order valence-electron chi connectivity index (χ1n) is 4.65. The van der Waals surface area contributed by atoms with E-state index in [1.165, 1.54) is 6.92 Å². The van der Waals surface area contributed by atoms with Crippen LogP contribution < -0.4 is 5.73 Å². The van der Waals surface area contributed by atoms with E-state index in [9.17, 15) is 9.90 Å². The van der Waals surface area contributed by atoms with Gasteiger partial charge in [0.1, 0.15) is 6.10 Å². The monoisotopic (exact) mass is 205 g/mol.